The number of amides is 4. The third-order valence-electron chi connectivity index (χ3n) is 6.34. The fourth-order valence-corrected chi connectivity index (χ4v) is 5.11. The van der Waals surface area contributed by atoms with Gasteiger partial charge in [0.2, 0.25) is 17.6 Å². The van der Waals surface area contributed by atoms with Crippen LogP contribution in [0.3, 0.4) is 0 Å². The van der Waals surface area contributed by atoms with Crippen LogP contribution in [0.2, 0.25) is 0 Å². The summed E-state index contributed by atoms with van der Waals surface area (Å²) in [5.41, 5.74) is -1.89. The van der Waals surface area contributed by atoms with Crippen LogP contribution in [0.5, 0.6) is 0 Å². The molecule has 5 rings (SSSR count). The van der Waals surface area contributed by atoms with Gasteiger partial charge in [0.05, 0.1) is 29.5 Å². The summed E-state index contributed by atoms with van der Waals surface area (Å²) in [5.74, 6) is 1.32. The van der Waals surface area contributed by atoms with Crippen LogP contribution in [0.25, 0.3) is 0 Å². The molecule has 34 heavy (non-hydrogen) atoms. The summed E-state index contributed by atoms with van der Waals surface area (Å²) in [5, 5.41) is 4.30. The van der Waals surface area contributed by atoms with Gasteiger partial charge in [-0.1, -0.05) is 5.92 Å². The number of nitrogens with one attached hydrogen (secondary N) is 2. The van der Waals surface area contributed by atoms with E-state index >= 15 is 8.78 Å². The molecule has 4 heterocycles. The molecule has 0 bridgehead atoms. The molecule has 1 spiro atoms. The minimum absolute atomic E-state index is 0.0471. The number of carbonyl (C=O) groups is 3. The number of morpholine rings is 1. The summed E-state index contributed by atoms with van der Waals surface area (Å²) in [4.78, 5) is 47.4. The Morgan fingerprint density at radius 3 is 2.44 bits per heavy atom. The lowest BCUT2D eigenvalue weighted by atomic mass is 9.66. The van der Waals surface area contributed by atoms with Gasteiger partial charge in [-0.25, -0.2) is 23.5 Å². The van der Waals surface area contributed by atoms with E-state index in [0.717, 1.165) is 0 Å². The van der Waals surface area contributed by atoms with E-state index in [1.54, 1.807) is 19.9 Å². The summed E-state index contributed by atoms with van der Waals surface area (Å²) in [7, 11) is 0. The summed E-state index contributed by atoms with van der Waals surface area (Å²) in [6.45, 7) is 3.52. The van der Waals surface area contributed by atoms with Crippen molar-refractivity contribution in [3.63, 3.8) is 0 Å². The molecular weight excluding hydrogens is 448 g/mol. The number of hydrogen-bond donors (Lipinski definition) is 2. The average Bonchev–Trinajstić information content (AvgIpc) is 2.78. The Hall–Kier alpha value is -3.91. The van der Waals surface area contributed by atoms with Crippen molar-refractivity contribution in [1.29, 1.82) is 0 Å². The standard InChI is InChI=1S/C23H19F2N5O4/c1-11-10-30-18-14(8-13(16(24)17(18)25)4-5-15-26-6-3-7-27-15)9-23(19(30)12(2)34-11)20(31)28-22(33)29-21(23)32/h3,6-8,11-12,19H,9-10H2,1-2H3,(H2,28,29,31,32,33)/t11-,12+,19-/m0/s1. The molecular formula is C23H19F2N5O4. The van der Waals surface area contributed by atoms with Crippen LogP contribution >= 0.6 is 0 Å². The van der Waals surface area contributed by atoms with Gasteiger partial charge in [0.15, 0.2) is 17.0 Å². The number of imide groups is 2. The lowest BCUT2D eigenvalue weighted by Crippen LogP contribution is -2.75. The molecule has 2 aromatic rings. The monoisotopic (exact) mass is 467 g/mol. The van der Waals surface area contributed by atoms with Crippen molar-refractivity contribution in [1.82, 2.24) is 20.6 Å². The number of fused-ring (bicyclic) bond motifs is 4. The van der Waals surface area contributed by atoms with E-state index in [2.05, 4.69) is 32.4 Å². The summed E-state index contributed by atoms with van der Waals surface area (Å²) in [6.07, 6.45) is 1.58. The molecule has 11 heteroatoms. The van der Waals surface area contributed by atoms with Crippen LogP contribution in [-0.2, 0) is 20.7 Å². The Balaban J connectivity index is 1.69. The van der Waals surface area contributed by atoms with Crippen molar-refractivity contribution in [3.05, 3.63) is 53.1 Å². The molecule has 0 saturated carbocycles. The van der Waals surface area contributed by atoms with Crippen LogP contribution in [-0.4, -0.2) is 52.6 Å². The number of anilines is 1. The summed E-state index contributed by atoms with van der Waals surface area (Å²) in [6, 6.07) is 1.02. The molecule has 174 valence electrons. The Morgan fingerprint density at radius 1 is 1.09 bits per heavy atom. The topological polar surface area (TPSA) is 114 Å². The number of barbiturate groups is 1. The number of carbonyl (C=O) groups excluding carboxylic acids is 3. The van der Waals surface area contributed by atoms with Gasteiger partial charge in [0, 0.05) is 25.4 Å². The highest BCUT2D eigenvalue weighted by Crippen LogP contribution is 2.48. The van der Waals surface area contributed by atoms with Gasteiger partial charge in [0.1, 0.15) is 0 Å². The number of rotatable bonds is 0. The predicted octanol–water partition coefficient (Wildman–Crippen LogP) is 1.05. The maximum absolute atomic E-state index is 15.5. The van der Waals surface area contributed by atoms with E-state index in [4.69, 9.17) is 4.74 Å². The first-order chi connectivity index (χ1) is 16.2. The van der Waals surface area contributed by atoms with E-state index in [-0.39, 0.29) is 41.7 Å². The van der Waals surface area contributed by atoms with Crippen LogP contribution in [0, 0.1) is 28.9 Å². The second-order valence-corrected chi connectivity index (χ2v) is 8.52. The molecule has 3 atom stereocenters. The van der Waals surface area contributed by atoms with E-state index in [1.165, 1.54) is 23.4 Å². The Kier molecular flexibility index (Phi) is 5.06. The predicted molar refractivity (Wildman–Crippen MR) is 113 cm³/mol. The molecule has 0 radical (unpaired) electrons. The zero-order valence-electron chi connectivity index (χ0n) is 18.2. The van der Waals surface area contributed by atoms with Crippen molar-refractivity contribution in [2.24, 2.45) is 5.41 Å². The largest absolute Gasteiger partial charge is 0.372 e. The minimum atomic E-state index is -1.79. The lowest BCUT2D eigenvalue weighted by molar-refractivity contribution is -0.153. The first-order valence-corrected chi connectivity index (χ1v) is 10.6. The number of nitrogens with zero attached hydrogens (tertiary/aromatic N) is 3. The highest BCUT2D eigenvalue weighted by molar-refractivity contribution is 6.20. The zero-order valence-corrected chi connectivity index (χ0v) is 18.2. The number of benzene rings is 1. The third-order valence-corrected chi connectivity index (χ3v) is 6.34. The van der Waals surface area contributed by atoms with Crippen LogP contribution in [0.4, 0.5) is 19.3 Å². The summed E-state index contributed by atoms with van der Waals surface area (Å²) < 4.78 is 36.5. The van der Waals surface area contributed by atoms with Crippen molar-refractivity contribution in [3.8, 4) is 11.8 Å². The minimum Gasteiger partial charge on any atom is -0.372 e. The van der Waals surface area contributed by atoms with Gasteiger partial charge in [-0.15, -0.1) is 0 Å². The van der Waals surface area contributed by atoms with Gasteiger partial charge in [-0.3, -0.25) is 20.2 Å². The number of halogens is 2. The molecule has 3 aliphatic heterocycles. The normalized spacial score (nSPS) is 25.0. The Labute approximate surface area is 192 Å². The van der Waals surface area contributed by atoms with Gasteiger partial charge in [0.25, 0.3) is 0 Å². The molecule has 1 aromatic heterocycles. The molecule has 3 aliphatic rings. The van der Waals surface area contributed by atoms with Gasteiger partial charge in [-0.05, 0) is 37.5 Å². The number of ether oxygens (including phenoxy) is 1. The maximum atomic E-state index is 15.5. The van der Waals surface area contributed by atoms with Crippen LogP contribution in [0.15, 0.2) is 24.5 Å². The molecule has 9 nitrogen and oxygen atoms in total. The fraction of sp³-hybridized carbons (Fsp3) is 0.348. The molecule has 4 amide bonds. The summed E-state index contributed by atoms with van der Waals surface area (Å²) >= 11 is 0. The zero-order chi connectivity index (χ0) is 24.2. The fourth-order valence-electron chi connectivity index (χ4n) is 5.11. The Bertz CT molecular complexity index is 1270. The highest BCUT2D eigenvalue weighted by atomic mass is 19.2. The molecule has 0 aliphatic carbocycles. The second kappa shape index (κ2) is 7.85. The first kappa shape index (κ1) is 21.9. The van der Waals surface area contributed by atoms with E-state index in [9.17, 15) is 14.4 Å². The number of aromatic nitrogens is 2. The molecule has 2 N–H and O–H groups in total. The van der Waals surface area contributed by atoms with Crippen molar-refractivity contribution in [2.45, 2.75) is 38.5 Å². The van der Waals surface area contributed by atoms with E-state index in [0.29, 0.717) is 0 Å². The third kappa shape index (κ3) is 3.21. The Morgan fingerprint density at radius 2 is 1.76 bits per heavy atom. The highest BCUT2D eigenvalue weighted by Gasteiger charge is 2.63. The van der Waals surface area contributed by atoms with Crippen LogP contribution < -0.4 is 15.5 Å². The van der Waals surface area contributed by atoms with E-state index < -0.39 is 47.0 Å². The smallest absolute Gasteiger partial charge is 0.328 e. The number of urea groups is 1. The molecule has 2 fully saturated rings. The van der Waals surface area contributed by atoms with Gasteiger partial charge >= 0.3 is 6.03 Å². The van der Waals surface area contributed by atoms with Crippen molar-refractivity contribution < 1.29 is 27.9 Å². The molecule has 0 unspecified atom stereocenters. The van der Waals surface area contributed by atoms with Crippen LogP contribution in [0.1, 0.15) is 30.8 Å². The van der Waals surface area contributed by atoms with Crippen molar-refractivity contribution >= 4 is 23.5 Å². The number of hydrogen-bond acceptors (Lipinski definition) is 7. The molecule has 1 aromatic carbocycles. The quantitative estimate of drug-likeness (QED) is 0.440. The lowest BCUT2D eigenvalue weighted by Gasteiger charge is -2.55. The average molecular weight is 467 g/mol. The molecule has 2 saturated heterocycles. The van der Waals surface area contributed by atoms with Gasteiger partial charge < -0.3 is 9.64 Å². The second-order valence-electron chi connectivity index (χ2n) is 8.52. The first-order valence-electron chi connectivity index (χ1n) is 10.6. The van der Waals surface area contributed by atoms with E-state index in [1.807, 2.05) is 0 Å². The maximum Gasteiger partial charge on any atom is 0.328 e. The SMILES string of the molecule is C[C@H]1CN2c3c(cc(C#Cc4ncccn4)c(F)c3F)CC3(C(=O)NC(=O)NC3=O)[C@@H]2[C@@H](C)O1. The van der Waals surface area contributed by atoms with Crippen molar-refractivity contribution in [2.75, 3.05) is 11.4 Å². The van der Waals surface area contributed by atoms with Gasteiger partial charge in [-0.2, -0.15) is 0 Å².